The minimum absolute atomic E-state index is 0.0430. The van der Waals surface area contributed by atoms with Crippen LogP contribution < -0.4 is 10.1 Å². The zero-order valence-corrected chi connectivity index (χ0v) is 10.3. The highest BCUT2D eigenvalue weighted by atomic mass is 79.9. The number of amides is 1. The Morgan fingerprint density at radius 3 is 2.76 bits per heavy atom. The number of carbonyl (C=O) groups excluding carboxylic acids is 1. The molecule has 1 amide bonds. The van der Waals surface area contributed by atoms with Gasteiger partial charge in [-0.2, -0.15) is 9.65 Å². The highest BCUT2D eigenvalue weighted by Crippen LogP contribution is 2.34. The number of nitrogens with zero attached hydrogens (tertiary/aromatic N) is 1. The molecule has 0 radical (unpaired) electrons. The van der Waals surface area contributed by atoms with Crippen LogP contribution in [-0.4, -0.2) is 13.0 Å². The van der Waals surface area contributed by atoms with Crippen LogP contribution in [0.15, 0.2) is 10.5 Å². The summed E-state index contributed by atoms with van der Waals surface area (Å²) in [5.74, 6) is -3.38. The summed E-state index contributed by atoms with van der Waals surface area (Å²) in [7, 11) is 1.14. The minimum atomic E-state index is -1.21. The normalized spacial score (nSPS) is 9.59. The summed E-state index contributed by atoms with van der Waals surface area (Å²) >= 11 is 2.80. The van der Waals surface area contributed by atoms with E-state index in [1.54, 1.807) is 6.07 Å². The van der Waals surface area contributed by atoms with Gasteiger partial charge in [0.25, 0.3) is 0 Å². The minimum Gasteiger partial charge on any atom is -0.491 e. The molecule has 0 atom stereocenters. The first kappa shape index (κ1) is 13.4. The van der Waals surface area contributed by atoms with Gasteiger partial charge in [-0.25, -0.2) is 4.39 Å². The summed E-state index contributed by atoms with van der Waals surface area (Å²) in [5, 5.41) is 10.6. The molecule has 0 unspecified atom stereocenters. The van der Waals surface area contributed by atoms with Crippen LogP contribution in [0.1, 0.15) is 6.42 Å². The summed E-state index contributed by atoms with van der Waals surface area (Å²) in [6, 6.07) is 2.79. The van der Waals surface area contributed by atoms with Crippen LogP contribution in [0.3, 0.4) is 0 Å². The van der Waals surface area contributed by atoms with E-state index in [-0.39, 0.29) is 16.6 Å². The van der Waals surface area contributed by atoms with E-state index >= 15 is 0 Å². The molecule has 0 aromatic heterocycles. The highest BCUT2D eigenvalue weighted by molar-refractivity contribution is 9.10. The molecule has 1 N–H and O–H groups in total. The summed E-state index contributed by atoms with van der Waals surface area (Å²) < 4.78 is 31.1. The van der Waals surface area contributed by atoms with E-state index in [9.17, 15) is 13.6 Å². The molecule has 0 saturated carbocycles. The van der Waals surface area contributed by atoms with E-state index in [1.165, 1.54) is 0 Å². The lowest BCUT2D eigenvalue weighted by molar-refractivity contribution is -0.115. The van der Waals surface area contributed by atoms with Crippen molar-refractivity contribution in [2.24, 2.45) is 0 Å². The van der Waals surface area contributed by atoms with Gasteiger partial charge in [0.2, 0.25) is 11.7 Å². The van der Waals surface area contributed by atoms with Crippen LogP contribution in [0.2, 0.25) is 0 Å². The van der Waals surface area contributed by atoms with Crippen molar-refractivity contribution >= 4 is 27.5 Å². The van der Waals surface area contributed by atoms with Gasteiger partial charge in [0, 0.05) is 0 Å². The quantitative estimate of drug-likeness (QED) is 0.873. The molecule has 1 rings (SSSR count). The molecule has 17 heavy (non-hydrogen) atoms. The van der Waals surface area contributed by atoms with Gasteiger partial charge in [0.05, 0.1) is 23.3 Å². The van der Waals surface area contributed by atoms with E-state index in [2.05, 4.69) is 26.0 Å². The third kappa shape index (κ3) is 2.91. The van der Waals surface area contributed by atoms with Crippen molar-refractivity contribution in [3.8, 4) is 11.8 Å². The van der Waals surface area contributed by atoms with Crippen molar-refractivity contribution in [2.45, 2.75) is 6.42 Å². The zero-order chi connectivity index (χ0) is 13.0. The Balaban J connectivity index is 3.16. The Hall–Kier alpha value is -1.68. The third-order valence-corrected chi connectivity index (χ3v) is 2.41. The first-order chi connectivity index (χ1) is 8.01. The van der Waals surface area contributed by atoms with Gasteiger partial charge in [-0.05, 0) is 22.0 Å². The number of ether oxygens (including phenoxy) is 1. The number of rotatable bonds is 3. The van der Waals surface area contributed by atoms with Gasteiger partial charge in [-0.3, -0.25) is 4.79 Å². The average Bonchev–Trinajstić information content (AvgIpc) is 2.27. The van der Waals surface area contributed by atoms with Gasteiger partial charge >= 0.3 is 0 Å². The number of hydrogen-bond acceptors (Lipinski definition) is 3. The van der Waals surface area contributed by atoms with E-state index in [1.807, 2.05) is 0 Å². The Morgan fingerprint density at radius 2 is 2.24 bits per heavy atom. The number of halogens is 3. The topological polar surface area (TPSA) is 62.1 Å². The Kier molecular flexibility index (Phi) is 4.40. The molecular weight excluding hydrogens is 298 g/mol. The molecule has 7 heteroatoms. The number of anilines is 1. The van der Waals surface area contributed by atoms with E-state index in [4.69, 9.17) is 5.26 Å². The van der Waals surface area contributed by atoms with Crippen molar-refractivity contribution < 1.29 is 18.3 Å². The maximum atomic E-state index is 13.4. The Morgan fingerprint density at radius 1 is 1.59 bits per heavy atom. The van der Waals surface area contributed by atoms with Crippen molar-refractivity contribution in [2.75, 3.05) is 12.4 Å². The van der Waals surface area contributed by atoms with E-state index in [0.717, 1.165) is 13.2 Å². The van der Waals surface area contributed by atoms with Crippen molar-refractivity contribution in [3.05, 3.63) is 22.2 Å². The number of nitrogens with one attached hydrogen (secondary N) is 1. The number of benzene rings is 1. The lowest BCUT2D eigenvalue weighted by Crippen LogP contribution is -2.12. The van der Waals surface area contributed by atoms with Gasteiger partial charge in [0.15, 0.2) is 11.6 Å². The summed E-state index contributed by atoms with van der Waals surface area (Å²) in [4.78, 5) is 11.2. The lowest BCUT2D eigenvalue weighted by Gasteiger charge is -2.11. The van der Waals surface area contributed by atoms with Gasteiger partial charge < -0.3 is 10.1 Å². The Labute approximate surface area is 104 Å². The fraction of sp³-hybridized carbons (Fsp3) is 0.200. The molecule has 0 saturated heterocycles. The molecule has 0 bridgehead atoms. The SMILES string of the molecule is COc1c(NC(=O)CC#N)cc(Br)c(F)c1F. The lowest BCUT2D eigenvalue weighted by atomic mass is 10.2. The molecule has 0 aliphatic rings. The first-order valence-electron chi connectivity index (χ1n) is 4.39. The van der Waals surface area contributed by atoms with Crippen LogP contribution in [0.5, 0.6) is 5.75 Å². The maximum absolute atomic E-state index is 13.4. The number of methoxy groups -OCH3 is 1. The van der Waals surface area contributed by atoms with Crippen LogP contribution in [0, 0.1) is 23.0 Å². The molecule has 90 valence electrons. The van der Waals surface area contributed by atoms with Crippen molar-refractivity contribution in [3.63, 3.8) is 0 Å². The largest absolute Gasteiger partial charge is 0.491 e. The molecule has 0 heterocycles. The smallest absolute Gasteiger partial charge is 0.238 e. The highest BCUT2D eigenvalue weighted by Gasteiger charge is 2.19. The van der Waals surface area contributed by atoms with Gasteiger partial charge in [-0.15, -0.1) is 0 Å². The summed E-state index contributed by atoms with van der Waals surface area (Å²) in [5.41, 5.74) is -0.0430. The van der Waals surface area contributed by atoms with E-state index < -0.39 is 23.3 Å². The number of carbonyl (C=O) groups is 1. The maximum Gasteiger partial charge on any atom is 0.238 e. The molecule has 4 nitrogen and oxygen atoms in total. The van der Waals surface area contributed by atoms with Crippen LogP contribution in [0.4, 0.5) is 14.5 Å². The fourth-order valence-electron chi connectivity index (χ4n) is 1.14. The number of nitriles is 1. The Bertz CT molecular complexity index is 500. The standard InChI is InChI=1S/C10H7BrF2N2O2/c1-17-10-6(15-7(16)2-3-14)4-5(11)8(12)9(10)13/h4H,2H2,1H3,(H,15,16). The second-order valence-corrected chi connectivity index (χ2v) is 3.80. The van der Waals surface area contributed by atoms with Crippen LogP contribution in [0.25, 0.3) is 0 Å². The predicted molar refractivity (Wildman–Crippen MR) is 59.5 cm³/mol. The molecule has 0 spiro atoms. The van der Waals surface area contributed by atoms with E-state index in [0.29, 0.717) is 0 Å². The molecular formula is C10H7BrF2N2O2. The summed E-state index contributed by atoms with van der Waals surface area (Å²) in [6.07, 6.45) is -0.389. The number of hydrogen-bond donors (Lipinski definition) is 1. The van der Waals surface area contributed by atoms with Crippen molar-refractivity contribution in [1.29, 1.82) is 5.26 Å². The van der Waals surface area contributed by atoms with Crippen LogP contribution in [-0.2, 0) is 4.79 Å². The molecule has 1 aromatic rings. The monoisotopic (exact) mass is 304 g/mol. The molecule has 0 aliphatic carbocycles. The molecule has 1 aromatic carbocycles. The second kappa shape index (κ2) is 5.59. The zero-order valence-electron chi connectivity index (χ0n) is 8.68. The predicted octanol–water partition coefficient (Wildman–Crippen LogP) is 2.59. The third-order valence-electron chi connectivity index (χ3n) is 1.84. The van der Waals surface area contributed by atoms with Gasteiger partial charge in [0.1, 0.15) is 6.42 Å². The molecule has 0 fully saturated rings. The first-order valence-corrected chi connectivity index (χ1v) is 5.18. The van der Waals surface area contributed by atoms with Gasteiger partial charge in [-0.1, -0.05) is 0 Å². The second-order valence-electron chi connectivity index (χ2n) is 2.95. The van der Waals surface area contributed by atoms with Crippen molar-refractivity contribution in [1.82, 2.24) is 0 Å². The molecule has 0 aliphatic heterocycles. The average molecular weight is 305 g/mol. The van der Waals surface area contributed by atoms with Crippen LogP contribution >= 0.6 is 15.9 Å². The summed E-state index contributed by atoms with van der Waals surface area (Å²) in [6.45, 7) is 0. The fourth-order valence-corrected chi connectivity index (χ4v) is 1.54.